The van der Waals surface area contributed by atoms with Gasteiger partial charge in [-0.3, -0.25) is 4.98 Å². The molecule has 1 aromatic heterocycles. The fourth-order valence-corrected chi connectivity index (χ4v) is 3.03. The molecule has 1 unspecified atom stereocenters. The molecule has 4 nitrogen and oxygen atoms in total. The molecule has 0 saturated heterocycles. The van der Waals surface area contributed by atoms with E-state index in [0.717, 1.165) is 23.0 Å². The first-order valence-electron chi connectivity index (χ1n) is 7.16. The summed E-state index contributed by atoms with van der Waals surface area (Å²) in [5, 5.41) is 13.4. The highest BCUT2D eigenvalue weighted by molar-refractivity contribution is 5.92. The van der Waals surface area contributed by atoms with Gasteiger partial charge in [0.1, 0.15) is 0 Å². The molecule has 3 aromatic rings. The second-order valence-corrected chi connectivity index (χ2v) is 5.49. The van der Waals surface area contributed by atoms with Crippen molar-refractivity contribution in [1.29, 1.82) is 0 Å². The lowest BCUT2D eigenvalue weighted by Crippen LogP contribution is -2.13. The van der Waals surface area contributed by atoms with Crippen molar-refractivity contribution in [2.45, 2.75) is 12.6 Å². The Labute approximate surface area is 127 Å². The Morgan fingerprint density at radius 1 is 1.18 bits per heavy atom. The van der Waals surface area contributed by atoms with Crippen LogP contribution in [0.2, 0.25) is 0 Å². The summed E-state index contributed by atoms with van der Waals surface area (Å²) in [5.74, 6) is -0.954. The monoisotopic (exact) mass is 290 g/mol. The molecular weight excluding hydrogens is 276 g/mol. The van der Waals surface area contributed by atoms with Crippen molar-refractivity contribution in [3.8, 4) is 0 Å². The zero-order valence-electron chi connectivity index (χ0n) is 11.8. The molecule has 1 atom stereocenters. The van der Waals surface area contributed by atoms with Gasteiger partial charge in [0.05, 0.1) is 17.1 Å². The Bertz CT molecular complexity index is 889. The molecule has 0 aliphatic carbocycles. The number of carboxylic acid groups (broad SMARTS) is 1. The van der Waals surface area contributed by atoms with Gasteiger partial charge < -0.3 is 10.4 Å². The van der Waals surface area contributed by atoms with E-state index < -0.39 is 5.97 Å². The van der Waals surface area contributed by atoms with Gasteiger partial charge in [-0.05, 0) is 28.8 Å². The van der Waals surface area contributed by atoms with Crippen LogP contribution in [0, 0.1) is 0 Å². The van der Waals surface area contributed by atoms with Gasteiger partial charge in [0.25, 0.3) is 0 Å². The first-order chi connectivity index (χ1) is 10.7. The molecule has 2 heterocycles. The van der Waals surface area contributed by atoms with Gasteiger partial charge >= 0.3 is 5.97 Å². The third-order valence-electron chi connectivity index (χ3n) is 4.15. The summed E-state index contributed by atoms with van der Waals surface area (Å²) in [5.41, 5.74) is 4.79. The number of carboxylic acids is 1. The SMILES string of the molecule is O=C(O)c1cnc2cc(C3NCc4ccccc43)ccc2c1. The second-order valence-electron chi connectivity index (χ2n) is 5.49. The van der Waals surface area contributed by atoms with Crippen LogP contribution >= 0.6 is 0 Å². The molecule has 108 valence electrons. The van der Waals surface area contributed by atoms with Crippen LogP contribution in [0.15, 0.2) is 54.7 Å². The van der Waals surface area contributed by atoms with Gasteiger partial charge in [-0.1, -0.05) is 36.4 Å². The van der Waals surface area contributed by atoms with Crippen molar-refractivity contribution in [3.63, 3.8) is 0 Å². The first kappa shape index (κ1) is 13.0. The van der Waals surface area contributed by atoms with Crippen molar-refractivity contribution in [2.75, 3.05) is 0 Å². The van der Waals surface area contributed by atoms with Crippen LogP contribution in [0.4, 0.5) is 0 Å². The maximum Gasteiger partial charge on any atom is 0.337 e. The molecule has 0 radical (unpaired) electrons. The molecule has 0 fully saturated rings. The Morgan fingerprint density at radius 3 is 2.91 bits per heavy atom. The van der Waals surface area contributed by atoms with Gasteiger partial charge in [0, 0.05) is 18.1 Å². The molecule has 2 aromatic carbocycles. The molecule has 2 N–H and O–H groups in total. The fourth-order valence-electron chi connectivity index (χ4n) is 3.03. The molecule has 22 heavy (non-hydrogen) atoms. The molecular formula is C18H14N2O2. The summed E-state index contributed by atoms with van der Waals surface area (Å²) in [6, 6.07) is 16.2. The minimum absolute atomic E-state index is 0.168. The number of benzene rings is 2. The number of rotatable bonds is 2. The van der Waals surface area contributed by atoms with Crippen LogP contribution in [-0.2, 0) is 6.54 Å². The number of nitrogens with one attached hydrogen (secondary N) is 1. The van der Waals surface area contributed by atoms with Crippen molar-refractivity contribution in [1.82, 2.24) is 10.3 Å². The van der Waals surface area contributed by atoms with E-state index in [0.29, 0.717) is 0 Å². The molecule has 0 spiro atoms. The number of hydrogen-bond donors (Lipinski definition) is 2. The number of nitrogens with zero attached hydrogens (tertiary/aromatic N) is 1. The quantitative estimate of drug-likeness (QED) is 0.761. The Hall–Kier alpha value is -2.72. The second kappa shape index (κ2) is 4.93. The average Bonchev–Trinajstić information content (AvgIpc) is 2.98. The smallest absolute Gasteiger partial charge is 0.337 e. The zero-order valence-corrected chi connectivity index (χ0v) is 11.8. The number of carbonyl (C=O) groups is 1. The third-order valence-corrected chi connectivity index (χ3v) is 4.15. The van der Waals surface area contributed by atoms with Crippen LogP contribution in [0.3, 0.4) is 0 Å². The summed E-state index contributed by atoms with van der Waals surface area (Å²) in [4.78, 5) is 15.3. The van der Waals surface area contributed by atoms with Crippen LogP contribution < -0.4 is 5.32 Å². The minimum atomic E-state index is -0.954. The predicted molar refractivity (Wildman–Crippen MR) is 83.8 cm³/mol. The number of aromatic carboxylic acids is 1. The van der Waals surface area contributed by atoms with E-state index in [-0.39, 0.29) is 11.6 Å². The van der Waals surface area contributed by atoms with Crippen LogP contribution in [0.1, 0.15) is 33.1 Å². The largest absolute Gasteiger partial charge is 0.478 e. The zero-order chi connectivity index (χ0) is 15.1. The highest BCUT2D eigenvalue weighted by atomic mass is 16.4. The van der Waals surface area contributed by atoms with Gasteiger partial charge in [-0.15, -0.1) is 0 Å². The molecule has 4 rings (SSSR count). The lowest BCUT2D eigenvalue weighted by Gasteiger charge is -2.13. The van der Waals surface area contributed by atoms with E-state index in [4.69, 9.17) is 5.11 Å². The van der Waals surface area contributed by atoms with Gasteiger partial charge in [-0.25, -0.2) is 4.79 Å². The Kier molecular flexibility index (Phi) is 2.91. The number of fused-ring (bicyclic) bond motifs is 2. The molecule has 0 saturated carbocycles. The van der Waals surface area contributed by atoms with Crippen LogP contribution in [-0.4, -0.2) is 16.1 Å². The fraction of sp³-hybridized carbons (Fsp3) is 0.111. The highest BCUT2D eigenvalue weighted by Gasteiger charge is 2.22. The summed E-state index contributed by atoms with van der Waals surface area (Å²) in [6.07, 6.45) is 1.41. The van der Waals surface area contributed by atoms with Crippen LogP contribution in [0.5, 0.6) is 0 Å². The molecule has 1 aliphatic rings. The summed E-state index contributed by atoms with van der Waals surface area (Å²) >= 11 is 0. The highest BCUT2D eigenvalue weighted by Crippen LogP contribution is 2.31. The van der Waals surface area contributed by atoms with Gasteiger partial charge in [0.2, 0.25) is 0 Å². The van der Waals surface area contributed by atoms with E-state index in [1.54, 1.807) is 6.07 Å². The summed E-state index contributed by atoms with van der Waals surface area (Å²) in [6.45, 7) is 0.865. The minimum Gasteiger partial charge on any atom is -0.478 e. The molecule has 0 bridgehead atoms. The molecule has 4 heteroatoms. The topological polar surface area (TPSA) is 62.2 Å². The van der Waals surface area contributed by atoms with E-state index in [1.807, 2.05) is 18.2 Å². The Morgan fingerprint density at radius 2 is 2.05 bits per heavy atom. The van der Waals surface area contributed by atoms with Crippen molar-refractivity contribution >= 4 is 16.9 Å². The van der Waals surface area contributed by atoms with Crippen molar-refractivity contribution in [2.24, 2.45) is 0 Å². The van der Waals surface area contributed by atoms with E-state index in [2.05, 4.69) is 34.6 Å². The normalized spacial score (nSPS) is 16.6. The lowest BCUT2D eigenvalue weighted by molar-refractivity contribution is 0.0696. The number of hydrogen-bond acceptors (Lipinski definition) is 3. The van der Waals surface area contributed by atoms with E-state index >= 15 is 0 Å². The average molecular weight is 290 g/mol. The lowest BCUT2D eigenvalue weighted by atomic mass is 9.97. The molecule has 1 aliphatic heterocycles. The molecule has 0 amide bonds. The third kappa shape index (κ3) is 2.05. The van der Waals surface area contributed by atoms with E-state index in [9.17, 15) is 4.79 Å². The maximum atomic E-state index is 11.0. The van der Waals surface area contributed by atoms with Crippen LogP contribution in [0.25, 0.3) is 10.9 Å². The van der Waals surface area contributed by atoms with Gasteiger partial charge in [0.15, 0.2) is 0 Å². The van der Waals surface area contributed by atoms with Crippen molar-refractivity contribution in [3.05, 3.63) is 77.0 Å². The van der Waals surface area contributed by atoms with E-state index in [1.165, 1.54) is 17.3 Å². The standard InChI is InChI=1S/C18H14N2O2/c21-18(22)14-7-11-5-6-12(8-16(11)19-10-14)17-15-4-2-1-3-13(15)9-20-17/h1-8,10,17,20H,9H2,(H,21,22). The van der Waals surface area contributed by atoms with Crippen molar-refractivity contribution < 1.29 is 9.90 Å². The number of pyridine rings is 1. The summed E-state index contributed by atoms with van der Waals surface area (Å²) in [7, 11) is 0. The maximum absolute atomic E-state index is 11.0. The summed E-state index contributed by atoms with van der Waals surface area (Å²) < 4.78 is 0. The number of aromatic nitrogens is 1. The predicted octanol–water partition coefficient (Wildman–Crippen LogP) is 3.13. The Balaban J connectivity index is 1.78. The first-order valence-corrected chi connectivity index (χ1v) is 7.16. The van der Waals surface area contributed by atoms with Gasteiger partial charge in [-0.2, -0.15) is 0 Å².